The van der Waals surface area contributed by atoms with Crippen LogP contribution in [0.4, 0.5) is 4.39 Å². The first-order valence-electron chi connectivity index (χ1n) is 8.11. The molecule has 1 saturated heterocycles. The third-order valence-electron chi connectivity index (χ3n) is 4.67. The highest BCUT2D eigenvalue weighted by atomic mass is 19.1. The third kappa shape index (κ3) is 3.98. The molecule has 1 aromatic carbocycles. The molecule has 2 heterocycles. The number of ether oxygens (including phenoxy) is 1. The maximum Gasteiger partial charge on any atom is 0.126 e. The number of methoxy groups -OCH3 is 1. The maximum atomic E-state index is 13.9. The van der Waals surface area contributed by atoms with Gasteiger partial charge in [0, 0.05) is 33.4 Å². The molecule has 3 rings (SSSR count). The van der Waals surface area contributed by atoms with Gasteiger partial charge >= 0.3 is 0 Å². The van der Waals surface area contributed by atoms with Gasteiger partial charge in [-0.3, -0.25) is 4.90 Å². The van der Waals surface area contributed by atoms with Crippen LogP contribution in [0.25, 0.3) is 0 Å². The molecule has 0 spiro atoms. The molecule has 23 heavy (non-hydrogen) atoms. The Morgan fingerprint density at radius 1 is 1.35 bits per heavy atom. The fourth-order valence-electron chi connectivity index (χ4n) is 3.40. The van der Waals surface area contributed by atoms with Gasteiger partial charge in [-0.15, -0.1) is 0 Å². The van der Waals surface area contributed by atoms with Gasteiger partial charge in [0.15, 0.2) is 0 Å². The van der Waals surface area contributed by atoms with E-state index in [4.69, 9.17) is 4.74 Å². The molecule has 124 valence electrons. The van der Waals surface area contributed by atoms with E-state index in [0.717, 1.165) is 43.7 Å². The number of aryl methyl sites for hydroxylation is 1. The second-order valence-electron chi connectivity index (χ2n) is 6.38. The first kappa shape index (κ1) is 16.1. The lowest BCUT2D eigenvalue weighted by molar-refractivity contribution is -0.0141. The molecule has 2 atom stereocenters. The molecular formula is C18H24FN3O. The van der Waals surface area contributed by atoms with E-state index in [2.05, 4.69) is 9.88 Å². The topological polar surface area (TPSA) is 30.3 Å². The summed E-state index contributed by atoms with van der Waals surface area (Å²) in [5, 5.41) is 0. The number of imidazole rings is 1. The Balaban J connectivity index is 1.61. The van der Waals surface area contributed by atoms with Gasteiger partial charge in [0.25, 0.3) is 0 Å². The number of rotatable bonds is 5. The van der Waals surface area contributed by atoms with Crippen molar-refractivity contribution in [2.24, 2.45) is 13.0 Å². The van der Waals surface area contributed by atoms with Crippen molar-refractivity contribution in [1.82, 2.24) is 14.5 Å². The van der Waals surface area contributed by atoms with Crippen molar-refractivity contribution in [2.75, 3.05) is 20.2 Å². The number of nitrogens with zero attached hydrogens (tertiary/aromatic N) is 3. The van der Waals surface area contributed by atoms with E-state index in [1.54, 1.807) is 13.2 Å². The SMILES string of the molecule is CO[C@H]1CN(Cc2cn(C)cn2)CC[C@@H]1Cc1ccccc1F. The van der Waals surface area contributed by atoms with E-state index < -0.39 is 0 Å². The summed E-state index contributed by atoms with van der Waals surface area (Å²) in [4.78, 5) is 6.76. The minimum absolute atomic E-state index is 0.113. The standard InChI is InChI=1S/C18H24FN3O/c1-21-10-16(20-13-21)11-22-8-7-15(18(12-22)23-2)9-14-5-3-4-6-17(14)19/h3-6,10,13,15,18H,7-9,11-12H2,1-2H3/t15-,18+/m1/s1. The van der Waals surface area contributed by atoms with Crippen molar-refractivity contribution in [3.8, 4) is 0 Å². The third-order valence-corrected chi connectivity index (χ3v) is 4.67. The van der Waals surface area contributed by atoms with E-state index in [0.29, 0.717) is 5.92 Å². The Bertz CT molecular complexity index is 643. The summed E-state index contributed by atoms with van der Waals surface area (Å²) in [6.07, 6.45) is 5.76. The van der Waals surface area contributed by atoms with E-state index in [1.165, 1.54) is 6.07 Å². The van der Waals surface area contributed by atoms with Crippen LogP contribution in [0, 0.1) is 11.7 Å². The highest BCUT2D eigenvalue weighted by molar-refractivity contribution is 5.18. The van der Waals surface area contributed by atoms with Crippen molar-refractivity contribution in [3.63, 3.8) is 0 Å². The number of benzene rings is 1. The summed E-state index contributed by atoms with van der Waals surface area (Å²) in [7, 11) is 3.73. The molecule has 1 aliphatic heterocycles. The monoisotopic (exact) mass is 317 g/mol. The zero-order chi connectivity index (χ0) is 16.2. The zero-order valence-electron chi connectivity index (χ0n) is 13.8. The molecule has 2 aromatic rings. The Morgan fingerprint density at radius 3 is 2.87 bits per heavy atom. The lowest BCUT2D eigenvalue weighted by atomic mass is 9.87. The minimum atomic E-state index is -0.113. The molecule has 5 heteroatoms. The predicted octanol–water partition coefficient (Wildman–Crippen LogP) is 2.64. The van der Waals surface area contributed by atoms with Crippen molar-refractivity contribution >= 4 is 0 Å². The normalized spacial score (nSPS) is 22.4. The molecule has 0 N–H and O–H groups in total. The highest BCUT2D eigenvalue weighted by Crippen LogP contribution is 2.26. The predicted molar refractivity (Wildman–Crippen MR) is 87.5 cm³/mol. The Labute approximate surface area is 136 Å². The molecule has 1 fully saturated rings. The van der Waals surface area contributed by atoms with Gasteiger partial charge in [0.2, 0.25) is 0 Å². The summed E-state index contributed by atoms with van der Waals surface area (Å²) in [5.74, 6) is 0.246. The van der Waals surface area contributed by atoms with Gasteiger partial charge in [-0.2, -0.15) is 0 Å². The smallest absolute Gasteiger partial charge is 0.126 e. The van der Waals surface area contributed by atoms with Crippen molar-refractivity contribution in [1.29, 1.82) is 0 Å². The van der Waals surface area contributed by atoms with Crippen molar-refractivity contribution < 1.29 is 9.13 Å². The number of halogens is 1. The summed E-state index contributed by atoms with van der Waals surface area (Å²) >= 11 is 0. The number of piperidine rings is 1. The fraction of sp³-hybridized carbons (Fsp3) is 0.500. The van der Waals surface area contributed by atoms with Crippen LogP contribution in [-0.4, -0.2) is 40.8 Å². The maximum absolute atomic E-state index is 13.9. The summed E-state index contributed by atoms with van der Waals surface area (Å²) in [6, 6.07) is 7.05. The Hall–Kier alpha value is -1.72. The van der Waals surface area contributed by atoms with Gasteiger partial charge in [0.1, 0.15) is 5.82 Å². The van der Waals surface area contributed by atoms with Crippen LogP contribution in [0.5, 0.6) is 0 Å². The van der Waals surface area contributed by atoms with Gasteiger partial charge in [-0.05, 0) is 36.9 Å². The second kappa shape index (κ2) is 7.23. The summed E-state index contributed by atoms with van der Waals surface area (Å²) in [6.45, 7) is 2.70. The Kier molecular flexibility index (Phi) is 5.08. The first-order chi connectivity index (χ1) is 11.2. The second-order valence-corrected chi connectivity index (χ2v) is 6.38. The number of hydrogen-bond donors (Lipinski definition) is 0. The number of aromatic nitrogens is 2. The average molecular weight is 317 g/mol. The van der Waals surface area contributed by atoms with Gasteiger partial charge in [-0.25, -0.2) is 9.37 Å². The van der Waals surface area contributed by atoms with Gasteiger partial charge in [0.05, 0.1) is 18.1 Å². The van der Waals surface area contributed by atoms with Crippen LogP contribution in [0.1, 0.15) is 17.7 Å². The zero-order valence-corrected chi connectivity index (χ0v) is 13.8. The molecule has 1 aliphatic rings. The molecule has 0 radical (unpaired) electrons. The van der Waals surface area contributed by atoms with E-state index in [-0.39, 0.29) is 11.9 Å². The molecule has 0 saturated carbocycles. The largest absolute Gasteiger partial charge is 0.380 e. The number of hydrogen-bond acceptors (Lipinski definition) is 3. The van der Waals surface area contributed by atoms with E-state index >= 15 is 0 Å². The fourth-order valence-corrected chi connectivity index (χ4v) is 3.40. The quantitative estimate of drug-likeness (QED) is 0.849. The van der Waals surface area contributed by atoms with Crippen molar-refractivity contribution in [3.05, 3.63) is 53.9 Å². The minimum Gasteiger partial charge on any atom is -0.380 e. The van der Waals surface area contributed by atoms with Gasteiger partial charge in [-0.1, -0.05) is 18.2 Å². The van der Waals surface area contributed by atoms with E-state index in [1.807, 2.05) is 36.3 Å². The van der Waals surface area contributed by atoms with Crippen LogP contribution >= 0.6 is 0 Å². The summed E-state index contributed by atoms with van der Waals surface area (Å²) in [5.41, 5.74) is 1.87. The first-order valence-corrected chi connectivity index (χ1v) is 8.11. The molecule has 1 aromatic heterocycles. The van der Waals surface area contributed by atoms with Crippen molar-refractivity contribution in [2.45, 2.75) is 25.5 Å². The number of likely N-dealkylation sites (tertiary alicyclic amines) is 1. The Morgan fingerprint density at radius 2 is 2.17 bits per heavy atom. The lowest BCUT2D eigenvalue weighted by Crippen LogP contribution is -2.45. The van der Waals surface area contributed by atoms with Crippen LogP contribution in [-0.2, 0) is 24.8 Å². The molecular weight excluding hydrogens is 293 g/mol. The highest BCUT2D eigenvalue weighted by Gasteiger charge is 2.30. The van der Waals surface area contributed by atoms with E-state index in [9.17, 15) is 4.39 Å². The molecule has 0 bridgehead atoms. The van der Waals surface area contributed by atoms with Crippen LogP contribution < -0.4 is 0 Å². The molecule has 0 amide bonds. The van der Waals surface area contributed by atoms with Crippen LogP contribution in [0.2, 0.25) is 0 Å². The summed E-state index contributed by atoms with van der Waals surface area (Å²) < 4.78 is 21.5. The average Bonchev–Trinajstić information content (AvgIpc) is 2.96. The lowest BCUT2D eigenvalue weighted by Gasteiger charge is -2.37. The van der Waals surface area contributed by atoms with Gasteiger partial charge < -0.3 is 9.30 Å². The molecule has 0 unspecified atom stereocenters. The van der Waals surface area contributed by atoms with Crippen LogP contribution in [0.15, 0.2) is 36.8 Å². The van der Waals surface area contributed by atoms with Crippen LogP contribution in [0.3, 0.4) is 0 Å². The molecule has 4 nitrogen and oxygen atoms in total. The molecule has 0 aliphatic carbocycles.